The fraction of sp³-hybridized carbons (Fsp3) is 0.462. The number of anilines is 1. The van der Waals surface area contributed by atoms with Crippen molar-refractivity contribution < 1.29 is 14.6 Å². The lowest BCUT2D eigenvalue weighted by atomic mass is 10.0. The van der Waals surface area contributed by atoms with E-state index >= 15 is 0 Å². The molecule has 4 nitrogen and oxygen atoms in total. The summed E-state index contributed by atoms with van der Waals surface area (Å²) in [5.74, 6) is -1.25. The quantitative estimate of drug-likeness (QED) is 0.866. The molecular weight excluding hydrogens is 218 g/mol. The SMILES string of the molecule is CC(C(=O)O)c1cccc(N2CCOCC2)c1. The highest BCUT2D eigenvalue weighted by atomic mass is 16.5. The first-order valence-electron chi connectivity index (χ1n) is 5.84. The molecule has 0 saturated carbocycles. The molecule has 1 unspecified atom stereocenters. The van der Waals surface area contributed by atoms with Crippen molar-refractivity contribution in [1.82, 2.24) is 0 Å². The third-order valence-corrected chi connectivity index (χ3v) is 3.12. The molecule has 0 radical (unpaired) electrons. The summed E-state index contributed by atoms with van der Waals surface area (Å²) in [6, 6.07) is 7.76. The lowest BCUT2D eigenvalue weighted by molar-refractivity contribution is -0.138. The average molecular weight is 235 g/mol. The molecule has 0 aromatic heterocycles. The van der Waals surface area contributed by atoms with Gasteiger partial charge in [-0.3, -0.25) is 4.79 Å². The molecule has 0 amide bonds. The molecule has 92 valence electrons. The van der Waals surface area contributed by atoms with Crippen LogP contribution in [0.4, 0.5) is 5.69 Å². The lowest BCUT2D eigenvalue weighted by Crippen LogP contribution is -2.36. The number of rotatable bonds is 3. The van der Waals surface area contributed by atoms with Gasteiger partial charge in [0.05, 0.1) is 19.1 Å². The van der Waals surface area contributed by atoms with Crippen molar-refractivity contribution >= 4 is 11.7 Å². The maximum absolute atomic E-state index is 11.0. The number of nitrogens with zero attached hydrogens (tertiary/aromatic N) is 1. The molecule has 0 aliphatic carbocycles. The first-order chi connectivity index (χ1) is 8.18. The summed E-state index contributed by atoms with van der Waals surface area (Å²) >= 11 is 0. The predicted molar refractivity (Wildman–Crippen MR) is 65.5 cm³/mol. The van der Waals surface area contributed by atoms with E-state index in [9.17, 15) is 4.79 Å². The number of morpholine rings is 1. The van der Waals surface area contributed by atoms with Crippen molar-refractivity contribution in [3.63, 3.8) is 0 Å². The number of carboxylic acid groups (broad SMARTS) is 1. The number of benzene rings is 1. The van der Waals surface area contributed by atoms with Gasteiger partial charge in [0.2, 0.25) is 0 Å². The van der Waals surface area contributed by atoms with Crippen LogP contribution in [0.3, 0.4) is 0 Å². The van der Waals surface area contributed by atoms with Crippen molar-refractivity contribution in [3.8, 4) is 0 Å². The molecule has 1 N–H and O–H groups in total. The van der Waals surface area contributed by atoms with Crippen LogP contribution in [0.15, 0.2) is 24.3 Å². The Morgan fingerprint density at radius 2 is 2.12 bits per heavy atom. The first kappa shape index (κ1) is 11.9. The third kappa shape index (κ3) is 2.77. The maximum Gasteiger partial charge on any atom is 0.310 e. The Balaban J connectivity index is 2.18. The highest BCUT2D eigenvalue weighted by Crippen LogP contribution is 2.22. The van der Waals surface area contributed by atoms with Gasteiger partial charge >= 0.3 is 5.97 Å². The highest BCUT2D eigenvalue weighted by molar-refractivity contribution is 5.76. The largest absolute Gasteiger partial charge is 0.481 e. The number of hydrogen-bond acceptors (Lipinski definition) is 3. The van der Waals surface area contributed by atoms with Crippen molar-refractivity contribution in [2.24, 2.45) is 0 Å². The van der Waals surface area contributed by atoms with E-state index in [1.807, 2.05) is 24.3 Å². The minimum atomic E-state index is -0.788. The maximum atomic E-state index is 11.0. The topological polar surface area (TPSA) is 49.8 Å². The third-order valence-electron chi connectivity index (χ3n) is 3.12. The molecular formula is C13H17NO3. The summed E-state index contributed by atoms with van der Waals surface area (Å²) in [5, 5.41) is 9.00. The summed E-state index contributed by atoms with van der Waals surface area (Å²) in [6.45, 7) is 4.91. The highest BCUT2D eigenvalue weighted by Gasteiger charge is 2.16. The van der Waals surface area contributed by atoms with Crippen LogP contribution < -0.4 is 4.90 Å². The molecule has 1 saturated heterocycles. The summed E-state index contributed by atoms with van der Waals surface area (Å²) < 4.78 is 5.30. The van der Waals surface area contributed by atoms with Crippen LogP contribution in [-0.4, -0.2) is 37.4 Å². The van der Waals surface area contributed by atoms with Crippen LogP contribution >= 0.6 is 0 Å². The Labute approximate surface area is 101 Å². The molecule has 1 aromatic rings. The molecule has 0 bridgehead atoms. The Morgan fingerprint density at radius 3 is 2.76 bits per heavy atom. The van der Waals surface area contributed by atoms with Gasteiger partial charge in [-0.05, 0) is 24.6 Å². The Morgan fingerprint density at radius 1 is 1.41 bits per heavy atom. The first-order valence-corrected chi connectivity index (χ1v) is 5.84. The van der Waals surface area contributed by atoms with Gasteiger partial charge in [-0.25, -0.2) is 0 Å². The van der Waals surface area contributed by atoms with Crippen LogP contribution in [0, 0.1) is 0 Å². The molecule has 1 atom stereocenters. The fourth-order valence-corrected chi connectivity index (χ4v) is 1.95. The van der Waals surface area contributed by atoms with Crippen LogP contribution in [0.5, 0.6) is 0 Å². The Hall–Kier alpha value is -1.55. The van der Waals surface area contributed by atoms with Gasteiger partial charge in [-0.1, -0.05) is 12.1 Å². The van der Waals surface area contributed by atoms with Gasteiger partial charge in [-0.15, -0.1) is 0 Å². The van der Waals surface area contributed by atoms with E-state index in [1.54, 1.807) is 6.92 Å². The second kappa shape index (κ2) is 5.19. The van der Waals surface area contributed by atoms with Crippen LogP contribution in [0.1, 0.15) is 18.4 Å². The van der Waals surface area contributed by atoms with Crippen molar-refractivity contribution in [1.29, 1.82) is 0 Å². The number of carbonyl (C=O) groups is 1. The lowest BCUT2D eigenvalue weighted by Gasteiger charge is -2.29. The zero-order valence-electron chi connectivity index (χ0n) is 9.93. The van der Waals surface area contributed by atoms with E-state index in [0.717, 1.165) is 37.6 Å². The molecule has 1 aliphatic rings. The van der Waals surface area contributed by atoms with Gasteiger partial charge in [0, 0.05) is 18.8 Å². The van der Waals surface area contributed by atoms with Gasteiger partial charge in [0.25, 0.3) is 0 Å². The van der Waals surface area contributed by atoms with Crippen molar-refractivity contribution in [2.75, 3.05) is 31.2 Å². The van der Waals surface area contributed by atoms with E-state index in [4.69, 9.17) is 9.84 Å². The molecule has 17 heavy (non-hydrogen) atoms. The Bertz CT molecular complexity index is 399. The normalized spacial score (nSPS) is 17.8. The van der Waals surface area contributed by atoms with Gasteiger partial charge < -0.3 is 14.7 Å². The minimum absolute atomic E-state index is 0.462. The molecule has 4 heteroatoms. The zero-order chi connectivity index (χ0) is 12.3. The summed E-state index contributed by atoms with van der Waals surface area (Å²) in [7, 11) is 0. The summed E-state index contributed by atoms with van der Waals surface area (Å²) in [5.41, 5.74) is 1.93. The summed E-state index contributed by atoms with van der Waals surface area (Å²) in [4.78, 5) is 13.2. The molecule has 1 fully saturated rings. The molecule has 0 spiro atoms. The standard InChI is InChI=1S/C13H17NO3/c1-10(13(15)16)11-3-2-4-12(9-11)14-5-7-17-8-6-14/h2-4,9-10H,5-8H2,1H3,(H,15,16). The molecule has 1 aliphatic heterocycles. The van der Waals surface area contributed by atoms with E-state index in [0.29, 0.717) is 0 Å². The van der Waals surface area contributed by atoms with E-state index in [2.05, 4.69) is 4.90 Å². The molecule has 1 heterocycles. The van der Waals surface area contributed by atoms with Crippen LogP contribution in [0.2, 0.25) is 0 Å². The Kier molecular flexibility index (Phi) is 3.64. The van der Waals surface area contributed by atoms with Crippen molar-refractivity contribution in [3.05, 3.63) is 29.8 Å². The summed E-state index contributed by atoms with van der Waals surface area (Å²) in [6.07, 6.45) is 0. The number of carboxylic acids is 1. The van der Waals surface area contributed by atoms with E-state index in [-0.39, 0.29) is 0 Å². The van der Waals surface area contributed by atoms with Gasteiger partial charge in [-0.2, -0.15) is 0 Å². The van der Waals surface area contributed by atoms with Crippen LogP contribution in [-0.2, 0) is 9.53 Å². The monoisotopic (exact) mass is 235 g/mol. The molecule has 1 aromatic carbocycles. The second-order valence-corrected chi connectivity index (χ2v) is 4.25. The van der Waals surface area contributed by atoms with Gasteiger partial charge in [0.1, 0.15) is 0 Å². The molecule has 2 rings (SSSR count). The predicted octanol–water partition coefficient (Wildman–Crippen LogP) is 1.71. The van der Waals surface area contributed by atoms with E-state index in [1.165, 1.54) is 0 Å². The second-order valence-electron chi connectivity index (χ2n) is 4.25. The van der Waals surface area contributed by atoms with E-state index < -0.39 is 11.9 Å². The fourth-order valence-electron chi connectivity index (χ4n) is 1.95. The minimum Gasteiger partial charge on any atom is -0.481 e. The average Bonchev–Trinajstić information content (AvgIpc) is 2.39. The number of ether oxygens (including phenoxy) is 1. The number of aliphatic carboxylic acids is 1. The van der Waals surface area contributed by atoms with Crippen molar-refractivity contribution in [2.45, 2.75) is 12.8 Å². The number of hydrogen-bond donors (Lipinski definition) is 1. The zero-order valence-corrected chi connectivity index (χ0v) is 9.93. The van der Waals surface area contributed by atoms with Crippen LogP contribution in [0.25, 0.3) is 0 Å². The smallest absolute Gasteiger partial charge is 0.310 e. The van der Waals surface area contributed by atoms with Gasteiger partial charge in [0.15, 0.2) is 0 Å².